The number of benzene rings is 1. The Morgan fingerprint density at radius 3 is 2.71 bits per heavy atom. The minimum absolute atomic E-state index is 0.00431. The molecule has 0 aliphatic heterocycles. The van der Waals surface area contributed by atoms with Gasteiger partial charge in [-0.25, -0.2) is 17.5 Å². The lowest BCUT2D eigenvalue weighted by Crippen LogP contribution is -2.26. The highest BCUT2D eigenvalue weighted by Crippen LogP contribution is 2.14. The third-order valence-corrected chi connectivity index (χ3v) is 4.20. The van der Waals surface area contributed by atoms with Gasteiger partial charge in [0.05, 0.1) is 18.1 Å². The molecule has 0 spiro atoms. The number of methoxy groups -OCH3 is 1. The highest BCUT2D eigenvalue weighted by atomic mass is 32.2. The van der Waals surface area contributed by atoms with E-state index in [0.29, 0.717) is 26.2 Å². The third-order valence-electron chi connectivity index (χ3n) is 2.74. The number of halogens is 1. The first kappa shape index (κ1) is 18.0. The molecule has 0 saturated carbocycles. The Balaban J connectivity index is 2.46. The topological polar surface area (TPSA) is 90.6 Å². The van der Waals surface area contributed by atoms with Gasteiger partial charge in [-0.2, -0.15) is 0 Å². The van der Waals surface area contributed by atoms with Gasteiger partial charge in [-0.05, 0) is 24.6 Å². The molecule has 3 N–H and O–H groups in total. The van der Waals surface area contributed by atoms with Crippen LogP contribution in [0.1, 0.15) is 12.0 Å². The molecule has 1 rings (SSSR count). The smallest absolute Gasteiger partial charge is 0.240 e. The molecule has 0 unspecified atom stereocenters. The third kappa shape index (κ3) is 6.06. The Hall–Kier alpha value is -1.06. The van der Waals surface area contributed by atoms with E-state index in [-0.39, 0.29) is 23.5 Å². The maximum Gasteiger partial charge on any atom is 0.240 e. The summed E-state index contributed by atoms with van der Waals surface area (Å²) >= 11 is 0. The zero-order chi connectivity index (χ0) is 15.7. The SMILES string of the molecule is COCCOCCCNS(=O)(=O)c1ccc(F)c(CN)c1. The zero-order valence-corrected chi connectivity index (χ0v) is 12.8. The fourth-order valence-corrected chi connectivity index (χ4v) is 2.71. The lowest BCUT2D eigenvalue weighted by molar-refractivity contribution is 0.0699. The predicted molar refractivity (Wildman–Crippen MR) is 76.8 cm³/mol. The second-order valence-electron chi connectivity index (χ2n) is 4.31. The Bertz CT molecular complexity index is 537. The zero-order valence-electron chi connectivity index (χ0n) is 12.0. The van der Waals surface area contributed by atoms with Crippen molar-refractivity contribution in [2.45, 2.75) is 17.9 Å². The average molecular weight is 320 g/mol. The largest absolute Gasteiger partial charge is 0.382 e. The summed E-state index contributed by atoms with van der Waals surface area (Å²) in [6.45, 7) is 1.60. The predicted octanol–water partition coefficient (Wildman–Crippen LogP) is 0.616. The first-order chi connectivity index (χ1) is 10.0. The van der Waals surface area contributed by atoms with E-state index in [2.05, 4.69) is 4.72 Å². The normalized spacial score (nSPS) is 11.8. The van der Waals surface area contributed by atoms with Crippen LogP contribution in [0.4, 0.5) is 4.39 Å². The molecule has 1 aromatic rings. The van der Waals surface area contributed by atoms with Gasteiger partial charge in [-0.3, -0.25) is 0 Å². The van der Waals surface area contributed by atoms with E-state index in [9.17, 15) is 12.8 Å². The van der Waals surface area contributed by atoms with Gasteiger partial charge in [0, 0.05) is 32.4 Å². The Morgan fingerprint density at radius 2 is 2.05 bits per heavy atom. The number of ether oxygens (including phenoxy) is 2. The number of rotatable bonds is 10. The fourth-order valence-electron chi connectivity index (χ4n) is 1.58. The average Bonchev–Trinajstić information content (AvgIpc) is 2.46. The van der Waals surface area contributed by atoms with Crippen molar-refractivity contribution in [2.24, 2.45) is 5.73 Å². The van der Waals surface area contributed by atoms with Crippen molar-refractivity contribution in [2.75, 3.05) is 33.5 Å². The molecule has 0 fully saturated rings. The first-order valence-corrected chi connectivity index (χ1v) is 8.04. The molecule has 0 aliphatic rings. The summed E-state index contributed by atoms with van der Waals surface area (Å²) in [7, 11) is -2.08. The molecule has 8 heteroatoms. The van der Waals surface area contributed by atoms with Crippen molar-refractivity contribution in [3.8, 4) is 0 Å². The van der Waals surface area contributed by atoms with Crippen LogP contribution in [0, 0.1) is 5.82 Å². The second-order valence-corrected chi connectivity index (χ2v) is 6.08. The lowest BCUT2D eigenvalue weighted by atomic mass is 10.2. The van der Waals surface area contributed by atoms with Crippen molar-refractivity contribution < 1.29 is 22.3 Å². The molecule has 0 heterocycles. The summed E-state index contributed by atoms with van der Waals surface area (Å²) in [6, 6.07) is 3.56. The van der Waals surface area contributed by atoms with E-state index in [1.54, 1.807) is 7.11 Å². The van der Waals surface area contributed by atoms with E-state index < -0.39 is 15.8 Å². The van der Waals surface area contributed by atoms with Crippen molar-refractivity contribution in [3.63, 3.8) is 0 Å². The number of hydrogen-bond acceptors (Lipinski definition) is 5. The minimum Gasteiger partial charge on any atom is -0.382 e. The molecule has 120 valence electrons. The number of hydrogen-bond donors (Lipinski definition) is 2. The van der Waals surface area contributed by atoms with Gasteiger partial charge in [-0.15, -0.1) is 0 Å². The molecule has 21 heavy (non-hydrogen) atoms. The van der Waals surface area contributed by atoms with Gasteiger partial charge in [0.2, 0.25) is 10.0 Å². The van der Waals surface area contributed by atoms with E-state index in [1.807, 2.05) is 0 Å². The molecule has 0 radical (unpaired) electrons. The van der Waals surface area contributed by atoms with Gasteiger partial charge in [0.1, 0.15) is 5.82 Å². The summed E-state index contributed by atoms with van der Waals surface area (Å²) in [6.07, 6.45) is 0.536. The van der Waals surface area contributed by atoms with Crippen molar-refractivity contribution in [1.82, 2.24) is 4.72 Å². The van der Waals surface area contributed by atoms with Crippen LogP contribution in [0.15, 0.2) is 23.1 Å². The Morgan fingerprint density at radius 1 is 1.29 bits per heavy atom. The van der Waals surface area contributed by atoms with Gasteiger partial charge < -0.3 is 15.2 Å². The standard InChI is InChI=1S/C13H21FN2O4S/c1-19-7-8-20-6-2-5-16-21(17,18)12-3-4-13(14)11(9-12)10-15/h3-4,9,16H,2,5-8,10,15H2,1H3. The summed E-state index contributed by atoms with van der Waals surface area (Å²) in [5, 5.41) is 0. The summed E-state index contributed by atoms with van der Waals surface area (Å²) < 4.78 is 49.8. The fraction of sp³-hybridized carbons (Fsp3) is 0.538. The van der Waals surface area contributed by atoms with Crippen LogP contribution in [0.5, 0.6) is 0 Å². The summed E-state index contributed by atoms with van der Waals surface area (Å²) in [5.74, 6) is -0.511. The van der Waals surface area contributed by atoms with Crippen molar-refractivity contribution in [1.29, 1.82) is 0 Å². The molecule has 0 aliphatic carbocycles. The second kappa shape index (κ2) is 9.06. The highest BCUT2D eigenvalue weighted by molar-refractivity contribution is 7.89. The van der Waals surface area contributed by atoms with Crippen LogP contribution in [-0.4, -0.2) is 41.9 Å². The van der Waals surface area contributed by atoms with Crippen molar-refractivity contribution >= 4 is 10.0 Å². The van der Waals surface area contributed by atoms with E-state index in [4.69, 9.17) is 15.2 Å². The van der Waals surface area contributed by atoms with Crippen LogP contribution in [-0.2, 0) is 26.0 Å². The molecule has 0 bridgehead atoms. The maximum absolute atomic E-state index is 13.3. The number of nitrogens with one attached hydrogen (secondary N) is 1. The quantitative estimate of drug-likeness (QED) is 0.617. The van der Waals surface area contributed by atoms with Crippen LogP contribution in [0.25, 0.3) is 0 Å². The minimum atomic E-state index is -3.66. The first-order valence-electron chi connectivity index (χ1n) is 6.56. The van der Waals surface area contributed by atoms with Crippen LogP contribution in [0.3, 0.4) is 0 Å². The number of nitrogens with two attached hydrogens (primary N) is 1. The maximum atomic E-state index is 13.3. The molecule has 0 saturated heterocycles. The molecule has 6 nitrogen and oxygen atoms in total. The van der Waals surface area contributed by atoms with E-state index >= 15 is 0 Å². The Labute approximate surface area is 124 Å². The summed E-state index contributed by atoms with van der Waals surface area (Å²) in [5.41, 5.74) is 5.53. The van der Waals surface area contributed by atoms with E-state index in [0.717, 1.165) is 6.07 Å². The monoisotopic (exact) mass is 320 g/mol. The van der Waals surface area contributed by atoms with Gasteiger partial charge >= 0.3 is 0 Å². The van der Waals surface area contributed by atoms with Crippen LogP contribution < -0.4 is 10.5 Å². The molecular weight excluding hydrogens is 299 g/mol. The van der Waals surface area contributed by atoms with Crippen LogP contribution in [0.2, 0.25) is 0 Å². The lowest BCUT2D eigenvalue weighted by Gasteiger charge is -2.09. The van der Waals surface area contributed by atoms with Gasteiger partial charge in [-0.1, -0.05) is 0 Å². The van der Waals surface area contributed by atoms with Crippen LogP contribution >= 0.6 is 0 Å². The van der Waals surface area contributed by atoms with Gasteiger partial charge in [0.25, 0.3) is 0 Å². The molecule has 0 atom stereocenters. The molecule has 0 amide bonds. The Kier molecular flexibility index (Phi) is 7.76. The molecule has 0 aromatic heterocycles. The summed E-state index contributed by atoms with van der Waals surface area (Å²) in [4.78, 5) is 0.00431. The molecular formula is C13H21FN2O4S. The highest BCUT2D eigenvalue weighted by Gasteiger charge is 2.15. The number of sulfonamides is 1. The molecule has 1 aromatic carbocycles. The van der Waals surface area contributed by atoms with E-state index in [1.165, 1.54) is 12.1 Å². The van der Waals surface area contributed by atoms with Gasteiger partial charge in [0.15, 0.2) is 0 Å². The van der Waals surface area contributed by atoms with Crippen molar-refractivity contribution in [3.05, 3.63) is 29.6 Å².